The quantitative estimate of drug-likeness (QED) is 0.502. The monoisotopic (exact) mass is 486 g/mol. The summed E-state index contributed by atoms with van der Waals surface area (Å²) >= 11 is 0. The van der Waals surface area contributed by atoms with Crippen molar-refractivity contribution in [2.24, 2.45) is 0 Å². The maximum atomic E-state index is 12.8. The van der Waals surface area contributed by atoms with Crippen molar-refractivity contribution >= 4 is 15.7 Å². The number of sulfone groups is 1. The van der Waals surface area contributed by atoms with Crippen LogP contribution in [0.4, 0.5) is 0 Å². The third-order valence-electron chi connectivity index (χ3n) is 6.39. The summed E-state index contributed by atoms with van der Waals surface area (Å²) in [5, 5.41) is 6.37. The van der Waals surface area contributed by atoms with E-state index in [1.165, 1.54) is 17.4 Å². The third-order valence-corrected chi connectivity index (χ3v) is 7.34. The molecule has 2 aromatic rings. The first-order valence-electron chi connectivity index (χ1n) is 12.0. The molecule has 1 amide bonds. The van der Waals surface area contributed by atoms with Crippen LogP contribution < -0.4 is 15.4 Å². The van der Waals surface area contributed by atoms with Crippen LogP contribution in [0.2, 0.25) is 0 Å². The average Bonchev–Trinajstić information content (AvgIpc) is 3.34. The van der Waals surface area contributed by atoms with Gasteiger partial charge in [-0.05, 0) is 73.1 Å². The summed E-state index contributed by atoms with van der Waals surface area (Å²) in [6.07, 6.45) is 6.16. The fraction of sp³-hybridized carbons (Fsp3) is 0.500. The van der Waals surface area contributed by atoms with Crippen LogP contribution >= 0.6 is 0 Å². The van der Waals surface area contributed by atoms with Gasteiger partial charge in [0.25, 0.3) is 5.91 Å². The molecule has 0 aromatic heterocycles. The second-order valence-electron chi connectivity index (χ2n) is 9.29. The Balaban J connectivity index is 1.24. The van der Waals surface area contributed by atoms with Crippen LogP contribution in [-0.4, -0.2) is 58.2 Å². The van der Waals surface area contributed by atoms with Gasteiger partial charge in [0.15, 0.2) is 0 Å². The zero-order chi connectivity index (χ0) is 24.0. The van der Waals surface area contributed by atoms with E-state index in [0.29, 0.717) is 25.3 Å². The Labute approximate surface area is 202 Å². The van der Waals surface area contributed by atoms with Gasteiger partial charge in [0, 0.05) is 37.6 Å². The van der Waals surface area contributed by atoms with Gasteiger partial charge in [-0.15, -0.1) is 0 Å². The lowest BCUT2D eigenvalue weighted by atomic mass is 9.87. The van der Waals surface area contributed by atoms with E-state index in [0.717, 1.165) is 50.0 Å². The van der Waals surface area contributed by atoms with Gasteiger partial charge >= 0.3 is 0 Å². The van der Waals surface area contributed by atoms with Crippen molar-refractivity contribution in [2.45, 2.75) is 50.8 Å². The normalized spacial score (nSPS) is 20.0. The molecule has 0 saturated carbocycles. The summed E-state index contributed by atoms with van der Waals surface area (Å²) in [7, 11) is -2.95. The van der Waals surface area contributed by atoms with Crippen molar-refractivity contribution in [3.63, 3.8) is 0 Å². The molecule has 1 aliphatic heterocycles. The Morgan fingerprint density at radius 1 is 1.12 bits per heavy atom. The molecule has 1 saturated heterocycles. The number of hydrogen-bond acceptors (Lipinski definition) is 6. The molecule has 0 bridgehead atoms. The van der Waals surface area contributed by atoms with Gasteiger partial charge in [0.1, 0.15) is 22.2 Å². The molecule has 7 nitrogen and oxygen atoms in total. The molecule has 34 heavy (non-hydrogen) atoms. The van der Waals surface area contributed by atoms with Gasteiger partial charge in [-0.3, -0.25) is 4.79 Å². The van der Waals surface area contributed by atoms with Crippen LogP contribution in [-0.2, 0) is 34.0 Å². The van der Waals surface area contributed by atoms with E-state index in [-0.39, 0.29) is 23.8 Å². The van der Waals surface area contributed by atoms with Gasteiger partial charge in [0.2, 0.25) is 0 Å². The summed E-state index contributed by atoms with van der Waals surface area (Å²) in [6, 6.07) is 13.8. The summed E-state index contributed by atoms with van der Waals surface area (Å²) in [5.41, 5.74) is 4.34. The first kappa shape index (κ1) is 24.7. The van der Waals surface area contributed by atoms with Gasteiger partial charge in [-0.2, -0.15) is 0 Å². The Kier molecular flexibility index (Phi) is 8.24. The van der Waals surface area contributed by atoms with Gasteiger partial charge < -0.3 is 20.1 Å². The molecular weight excluding hydrogens is 452 g/mol. The van der Waals surface area contributed by atoms with Crippen molar-refractivity contribution < 1.29 is 22.7 Å². The maximum Gasteiger partial charge on any atom is 0.251 e. The molecule has 0 unspecified atom stereocenters. The highest BCUT2D eigenvalue weighted by Gasteiger charge is 2.21. The minimum absolute atomic E-state index is 0.0641. The number of fused-ring (bicyclic) bond motifs is 1. The predicted molar refractivity (Wildman–Crippen MR) is 132 cm³/mol. The number of nitrogens with one attached hydrogen (secondary N) is 2. The fourth-order valence-corrected chi connectivity index (χ4v) is 4.98. The lowest BCUT2D eigenvalue weighted by Gasteiger charge is -2.26. The maximum absolute atomic E-state index is 12.8. The third kappa shape index (κ3) is 7.29. The second kappa shape index (κ2) is 11.3. The largest absolute Gasteiger partial charge is 0.491 e. The SMILES string of the molecule is CS(=O)(=O)CCNCc1ccc2c(c1)CC[C@H](NC(=O)c1ccc(OC[C@@H]3CCCO3)cc1)C2. The van der Waals surface area contributed by atoms with Crippen molar-refractivity contribution in [3.8, 4) is 5.75 Å². The Morgan fingerprint density at radius 2 is 1.94 bits per heavy atom. The van der Waals surface area contributed by atoms with Crippen LogP contribution in [0.3, 0.4) is 0 Å². The molecule has 2 N–H and O–H groups in total. The zero-order valence-corrected chi connectivity index (χ0v) is 20.5. The molecule has 2 aromatic carbocycles. The number of ether oxygens (including phenoxy) is 2. The average molecular weight is 487 g/mol. The first-order valence-corrected chi connectivity index (χ1v) is 14.1. The lowest BCUT2D eigenvalue weighted by Crippen LogP contribution is -2.38. The summed E-state index contributed by atoms with van der Waals surface area (Å²) in [6.45, 7) is 2.46. The summed E-state index contributed by atoms with van der Waals surface area (Å²) < 4.78 is 33.8. The van der Waals surface area contributed by atoms with Crippen molar-refractivity contribution in [1.29, 1.82) is 0 Å². The van der Waals surface area contributed by atoms with E-state index in [1.54, 1.807) is 12.1 Å². The zero-order valence-electron chi connectivity index (χ0n) is 19.7. The molecule has 2 atom stereocenters. The van der Waals surface area contributed by atoms with Crippen LogP contribution in [0.15, 0.2) is 42.5 Å². The van der Waals surface area contributed by atoms with E-state index in [4.69, 9.17) is 9.47 Å². The van der Waals surface area contributed by atoms with E-state index < -0.39 is 9.84 Å². The Bertz CT molecular complexity index is 1080. The van der Waals surface area contributed by atoms with Crippen molar-refractivity contribution in [3.05, 3.63) is 64.7 Å². The highest BCUT2D eigenvalue weighted by Crippen LogP contribution is 2.23. The highest BCUT2D eigenvalue weighted by atomic mass is 32.2. The number of benzene rings is 2. The molecule has 0 spiro atoms. The molecule has 2 aliphatic rings. The number of carbonyl (C=O) groups excluding carboxylic acids is 1. The smallest absolute Gasteiger partial charge is 0.251 e. The van der Waals surface area contributed by atoms with Crippen molar-refractivity contribution in [1.82, 2.24) is 10.6 Å². The molecule has 184 valence electrons. The van der Waals surface area contributed by atoms with E-state index in [2.05, 4.69) is 28.8 Å². The molecule has 0 radical (unpaired) electrons. The minimum atomic E-state index is -2.95. The molecule has 1 fully saturated rings. The summed E-state index contributed by atoms with van der Waals surface area (Å²) in [5.74, 6) is 0.830. The molecule has 1 aliphatic carbocycles. The number of carbonyl (C=O) groups is 1. The van der Waals surface area contributed by atoms with E-state index in [9.17, 15) is 13.2 Å². The van der Waals surface area contributed by atoms with Gasteiger partial charge in [0.05, 0.1) is 11.9 Å². The van der Waals surface area contributed by atoms with Crippen LogP contribution in [0.5, 0.6) is 5.75 Å². The Hall–Kier alpha value is -2.42. The number of aryl methyl sites for hydroxylation is 1. The molecule has 1 heterocycles. The molecular formula is C26H34N2O5S. The fourth-order valence-electron chi connectivity index (χ4n) is 4.47. The minimum Gasteiger partial charge on any atom is -0.491 e. The molecule has 8 heteroatoms. The van der Waals surface area contributed by atoms with E-state index in [1.807, 2.05) is 12.1 Å². The van der Waals surface area contributed by atoms with Gasteiger partial charge in [-0.1, -0.05) is 18.2 Å². The standard InChI is InChI=1S/C26H34N2O5S/c1-34(30,31)14-12-27-17-19-4-5-22-16-23(9-6-21(22)15-19)28-26(29)20-7-10-24(11-8-20)33-18-25-3-2-13-32-25/h4-5,7-8,10-11,15,23,25,27H,2-3,6,9,12-14,16-18H2,1H3,(H,28,29)/t23-,25-/m0/s1. The van der Waals surface area contributed by atoms with Crippen molar-refractivity contribution in [2.75, 3.05) is 31.8 Å². The second-order valence-corrected chi connectivity index (χ2v) is 11.6. The number of amides is 1. The number of rotatable bonds is 10. The summed E-state index contributed by atoms with van der Waals surface area (Å²) in [4.78, 5) is 12.8. The topological polar surface area (TPSA) is 93.7 Å². The van der Waals surface area contributed by atoms with Crippen LogP contribution in [0.1, 0.15) is 46.3 Å². The number of hydrogen-bond donors (Lipinski definition) is 2. The Morgan fingerprint density at radius 3 is 2.68 bits per heavy atom. The van der Waals surface area contributed by atoms with Gasteiger partial charge in [-0.25, -0.2) is 8.42 Å². The molecule has 4 rings (SSSR count). The lowest BCUT2D eigenvalue weighted by molar-refractivity contribution is 0.0679. The van der Waals surface area contributed by atoms with E-state index >= 15 is 0 Å². The first-order chi connectivity index (χ1) is 16.4. The predicted octanol–water partition coefficient (Wildman–Crippen LogP) is 2.67. The van der Waals surface area contributed by atoms with Crippen LogP contribution in [0, 0.1) is 0 Å². The highest BCUT2D eigenvalue weighted by molar-refractivity contribution is 7.90. The van der Waals surface area contributed by atoms with Crippen LogP contribution in [0.25, 0.3) is 0 Å².